The summed E-state index contributed by atoms with van der Waals surface area (Å²) in [7, 11) is 0. The highest BCUT2D eigenvalue weighted by atomic mass is 35.5. The second kappa shape index (κ2) is 5.13. The molecule has 0 bridgehead atoms. The van der Waals surface area contributed by atoms with Crippen LogP contribution < -0.4 is 5.32 Å². The normalized spacial score (nSPS) is 9.94. The van der Waals surface area contributed by atoms with Gasteiger partial charge < -0.3 is 5.32 Å². The molecule has 86 valence electrons. The molecule has 0 spiro atoms. The van der Waals surface area contributed by atoms with E-state index in [0.717, 1.165) is 5.56 Å². The number of anilines is 1. The average molecular weight is 268 g/mol. The van der Waals surface area contributed by atoms with Crippen molar-refractivity contribution in [2.75, 3.05) is 5.32 Å². The number of aromatic nitrogens is 1. The number of halogens is 2. The van der Waals surface area contributed by atoms with Crippen LogP contribution in [0.4, 0.5) is 9.52 Å². The van der Waals surface area contributed by atoms with Crippen molar-refractivity contribution in [2.45, 2.75) is 6.54 Å². The molecule has 0 amide bonds. The highest BCUT2D eigenvalue weighted by Gasteiger charge is 2.07. The van der Waals surface area contributed by atoms with Crippen LogP contribution in [0.25, 0.3) is 0 Å². The third-order valence-corrected chi connectivity index (χ3v) is 3.35. The predicted octanol–water partition coefficient (Wildman–Crippen LogP) is 3.42. The zero-order valence-electron chi connectivity index (χ0n) is 8.58. The van der Waals surface area contributed by atoms with Crippen LogP contribution in [0.5, 0.6) is 0 Å². The van der Waals surface area contributed by atoms with Crippen LogP contribution in [-0.4, -0.2) is 4.98 Å². The van der Waals surface area contributed by atoms with E-state index in [9.17, 15) is 4.39 Å². The Morgan fingerprint density at radius 1 is 1.41 bits per heavy atom. The van der Waals surface area contributed by atoms with Gasteiger partial charge in [0.25, 0.3) is 0 Å². The second-order valence-corrected chi connectivity index (χ2v) is 4.59. The number of nitrogens with one attached hydrogen (secondary N) is 1. The molecular weight excluding hydrogens is 261 g/mol. The van der Waals surface area contributed by atoms with Gasteiger partial charge in [-0.2, -0.15) is 5.26 Å². The maximum atomic E-state index is 12.7. The van der Waals surface area contributed by atoms with Gasteiger partial charge in [-0.15, -0.1) is 0 Å². The maximum Gasteiger partial charge on any atom is 0.185 e. The molecule has 0 radical (unpaired) electrons. The molecule has 0 aliphatic rings. The average Bonchev–Trinajstić information content (AvgIpc) is 2.69. The molecule has 3 nitrogen and oxygen atoms in total. The van der Waals surface area contributed by atoms with E-state index in [1.807, 2.05) is 6.07 Å². The summed E-state index contributed by atoms with van der Waals surface area (Å²) in [4.78, 5) is 4.37. The van der Waals surface area contributed by atoms with Gasteiger partial charge in [0.2, 0.25) is 0 Å². The number of hydrogen-bond acceptors (Lipinski definition) is 4. The van der Waals surface area contributed by atoms with Crippen LogP contribution in [0.15, 0.2) is 24.3 Å². The van der Waals surface area contributed by atoms with Crippen LogP contribution >= 0.6 is 22.9 Å². The number of hydrogen-bond donors (Lipinski definition) is 1. The van der Waals surface area contributed by atoms with E-state index in [2.05, 4.69) is 10.3 Å². The van der Waals surface area contributed by atoms with Crippen molar-refractivity contribution < 1.29 is 4.39 Å². The van der Waals surface area contributed by atoms with E-state index in [1.165, 1.54) is 23.5 Å². The fourth-order valence-corrected chi connectivity index (χ4v) is 2.17. The summed E-state index contributed by atoms with van der Waals surface area (Å²) >= 11 is 6.93. The zero-order valence-corrected chi connectivity index (χ0v) is 10.1. The Bertz CT molecular complexity index is 559. The fraction of sp³-hybridized carbons (Fsp3) is 0.0909. The van der Waals surface area contributed by atoms with Gasteiger partial charge in [-0.3, -0.25) is 0 Å². The molecule has 6 heteroatoms. The topological polar surface area (TPSA) is 48.7 Å². The van der Waals surface area contributed by atoms with Crippen LogP contribution in [0.2, 0.25) is 5.15 Å². The van der Waals surface area contributed by atoms with Gasteiger partial charge in [-0.1, -0.05) is 35.1 Å². The molecule has 0 aliphatic heterocycles. The lowest BCUT2D eigenvalue weighted by Gasteiger charge is -2.01. The molecule has 0 unspecified atom stereocenters. The van der Waals surface area contributed by atoms with Gasteiger partial charge in [-0.05, 0) is 17.7 Å². The molecule has 0 atom stereocenters. The fourth-order valence-electron chi connectivity index (χ4n) is 1.23. The molecule has 1 heterocycles. The smallest absolute Gasteiger partial charge is 0.185 e. The standard InChI is InChI=1S/C11H7ClFN3S/c12-10-9(5-14)17-11(16-10)15-6-7-1-3-8(13)4-2-7/h1-4H,6H2,(H,15,16). The quantitative estimate of drug-likeness (QED) is 0.927. The van der Waals surface area contributed by atoms with Gasteiger partial charge in [0.1, 0.15) is 16.8 Å². The SMILES string of the molecule is N#Cc1sc(NCc2ccc(F)cc2)nc1Cl. The Hall–Kier alpha value is -1.64. The largest absolute Gasteiger partial charge is 0.357 e. The summed E-state index contributed by atoms with van der Waals surface area (Å²) in [5.74, 6) is -0.266. The minimum absolute atomic E-state index is 0.208. The summed E-state index contributed by atoms with van der Waals surface area (Å²) in [6, 6.07) is 8.11. The van der Waals surface area contributed by atoms with E-state index in [0.29, 0.717) is 16.6 Å². The molecule has 17 heavy (non-hydrogen) atoms. The van der Waals surface area contributed by atoms with Crippen LogP contribution in [0, 0.1) is 17.1 Å². The summed E-state index contributed by atoms with van der Waals surface area (Å²) in [6.45, 7) is 0.509. The van der Waals surface area contributed by atoms with Crippen molar-refractivity contribution in [1.82, 2.24) is 4.98 Å². The summed E-state index contributed by atoms with van der Waals surface area (Å²) in [5.41, 5.74) is 0.927. The number of nitriles is 1. The van der Waals surface area contributed by atoms with Crippen molar-refractivity contribution in [1.29, 1.82) is 5.26 Å². The van der Waals surface area contributed by atoms with E-state index in [1.54, 1.807) is 12.1 Å². The summed E-state index contributed by atoms with van der Waals surface area (Å²) < 4.78 is 12.7. The number of nitrogens with zero attached hydrogens (tertiary/aromatic N) is 2. The van der Waals surface area contributed by atoms with Crippen LogP contribution in [-0.2, 0) is 6.54 Å². The third kappa shape index (κ3) is 2.93. The van der Waals surface area contributed by atoms with Gasteiger partial charge in [-0.25, -0.2) is 9.37 Å². The Labute approximate surface area is 106 Å². The molecule has 0 aliphatic carbocycles. The Kier molecular flexibility index (Phi) is 3.57. The highest BCUT2D eigenvalue weighted by molar-refractivity contribution is 7.16. The molecule has 0 saturated carbocycles. The molecule has 1 aromatic heterocycles. The summed E-state index contributed by atoms with van der Waals surface area (Å²) in [6.07, 6.45) is 0. The van der Waals surface area contributed by atoms with E-state index < -0.39 is 0 Å². The molecule has 1 N–H and O–H groups in total. The Balaban J connectivity index is 2.02. The molecule has 1 aromatic carbocycles. The third-order valence-electron chi connectivity index (χ3n) is 2.04. The lowest BCUT2D eigenvalue weighted by atomic mass is 10.2. The zero-order chi connectivity index (χ0) is 12.3. The number of rotatable bonds is 3. The van der Waals surface area contributed by atoms with Crippen molar-refractivity contribution in [3.05, 3.63) is 45.7 Å². The highest BCUT2D eigenvalue weighted by Crippen LogP contribution is 2.26. The maximum absolute atomic E-state index is 12.7. The Morgan fingerprint density at radius 2 is 2.12 bits per heavy atom. The monoisotopic (exact) mass is 267 g/mol. The number of benzene rings is 1. The first-order valence-electron chi connectivity index (χ1n) is 4.74. The molecular formula is C11H7ClFN3S. The first-order chi connectivity index (χ1) is 8.19. The minimum Gasteiger partial charge on any atom is -0.357 e. The molecule has 2 rings (SSSR count). The van der Waals surface area contributed by atoms with E-state index in [4.69, 9.17) is 16.9 Å². The van der Waals surface area contributed by atoms with Crippen molar-refractivity contribution in [2.24, 2.45) is 0 Å². The molecule has 2 aromatic rings. The Morgan fingerprint density at radius 3 is 2.71 bits per heavy atom. The van der Waals surface area contributed by atoms with Crippen LogP contribution in [0.1, 0.15) is 10.4 Å². The van der Waals surface area contributed by atoms with Gasteiger partial charge in [0.05, 0.1) is 0 Å². The number of thiazole rings is 1. The van der Waals surface area contributed by atoms with E-state index in [-0.39, 0.29) is 11.0 Å². The lowest BCUT2D eigenvalue weighted by molar-refractivity contribution is 0.627. The van der Waals surface area contributed by atoms with Crippen molar-refractivity contribution in [3.63, 3.8) is 0 Å². The van der Waals surface area contributed by atoms with Crippen LogP contribution in [0.3, 0.4) is 0 Å². The first kappa shape index (κ1) is 11.8. The molecule has 0 fully saturated rings. The minimum atomic E-state index is -0.266. The predicted molar refractivity (Wildman–Crippen MR) is 65.6 cm³/mol. The molecule has 0 saturated heterocycles. The first-order valence-corrected chi connectivity index (χ1v) is 5.93. The van der Waals surface area contributed by atoms with Gasteiger partial charge in [0, 0.05) is 6.54 Å². The second-order valence-electron chi connectivity index (χ2n) is 3.23. The van der Waals surface area contributed by atoms with Crippen molar-refractivity contribution in [3.8, 4) is 6.07 Å². The summed E-state index contributed by atoms with van der Waals surface area (Å²) in [5, 5.41) is 12.5. The van der Waals surface area contributed by atoms with E-state index >= 15 is 0 Å². The lowest BCUT2D eigenvalue weighted by Crippen LogP contribution is -1.98. The van der Waals surface area contributed by atoms with Crippen molar-refractivity contribution >= 4 is 28.1 Å². The van der Waals surface area contributed by atoms with Gasteiger partial charge >= 0.3 is 0 Å². The van der Waals surface area contributed by atoms with Gasteiger partial charge in [0.15, 0.2) is 10.3 Å².